The van der Waals surface area contributed by atoms with Gasteiger partial charge in [-0.05, 0) is 73.8 Å². The summed E-state index contributed by atoms with van der Waals surface area (Å²) in [5.41, 5.74) is 5.89. The van der Waals surface area contributed by atoms with Gasteiger partial charge in [0.2, 0.25) is 11.8 Å². The van der Waals surface area contributed by atoms with Crippen molar-refractivity contribution in [2.75, 3.05) is 43.8 Å². The highest BCUT2D eigenvalue weighted by atomic mass is 35.5. The van der Waals surface area contributed by atoms with Gasteiger partial charge in [-0.2, -0.15) is 13.2 Å². The molecule has 14 heteroatoms. The Morgan fingerprint density at radius 3 is 2.32 bits per heavy atom. The maximum atomic E-state index is 13.8. The number of aliphatic carboxylic acids is 1. The largest absolute Gasteiger partial charge is 0.481 e. The quantitative estimate of drug-likeness (QED) is 0.325. The van der Waals surface area contributed by atoms with Crippen LogP contribution in [-0.4, -0.2) is 82.4 Å². The van der Waals surface area contributed by atoms with E-state index in [1.54, 1.807) is 9.80 Å². The number of urea groups is 1. The number of amides is 4. The number of alkyl halides is 3. The van der Waals surface area contributed by atoms with Gasteiger partial charge in [-0.15, -0.1) is 0 Å². The van der Waals surface area contributed by atoms with Gasteiger partial charge in [-0.25, -0.2) is 4.79 Å². The van der Waals surface area contributed by atoms with Crippen LogP contribution in [0.15, 0.2) is 36.4 Å². The third-order valence-corrected chi connectivity index (χ3v) is 9.85. The Kier molecular flexibility index (Phi) is 10.5. The van der Waals surface area contributed by atoms with Gasteiger partial charge in [0.1, 0.15) is 0 Å². The fraction of sp³-hybridized carbons (Fsp3) is 0.515. The standard InChI is InChI=1S/C33H39ClF3N5O5/c34-26-17-21(16-25(30(26)38)33(35,36)37)15-23(31(46)41-10-5-20(6-11-41)18-29(44)45)19-28(43)40-12-8-24(9-13-40)42-14-7-22-3-1-2-4-27(22)39-32(42)47/h1-4,16-17,20,23-24H,5-15,18-19,38H2,(H,39,47)(H,44,45)/t23-/m0/s1. The lowest BCUT2D eigenvalue weighted by Crippen LogP contribution is -2.50. The molecule has 4 N–H and O–H groups in total. The molecule has 47 heavy (non-hydrogen) atoms. The molecule has 10 nitrogen and oxygen atoms in total. The number of hydrogen-bond donors (Lipinski definition) is 3. The molecule has 0 saturated carbocycles. The zero-order valence-electron chi connectivity index (χ0n) is 25.9. The van der Waals surface area contributed by atoms with Crippen molar-refractivity contribution in [3.63, 3.8) is 0 Å². The number of nitrogens with one attached hydrogen (secondary N) is 1. The Balaban J connectivity index is 1.27. The molecule has 0 bridgehead atoms. The lowest BCUT2D eigenvalue weighted by Gasteiger charge is -2.38. The van der Waals surface area contributed by atoms with Crippen LogP contribution < -0.4 is 11.1 Å². The van der Waals surface area contributed by atoms with E-state index in [9.17, 15) is 32.3 Å². The number of carboxylic acids is 1. The Labute approximate surface area is 276 Å². The maximum absolute atomic E-state index is 13.8. The summed E-state index contributed by atoms with van der Waals surface area (Å²) in [4.78, 5) is 56.6. The summed E-state index contributed by atoms with van der Waals surface area (Å²) in [6, 6.07) is 9.58. The Bertz CT molecular complexity index is 1510. The zero-order chi connectivity index (χ0) is 33.9. The normalized spacial score (nSPS) is 18.7. The minimum Gasteiger partial charge on any atom is -0.481 e. The van der Waals surface area contributed by atoms with E-state index in [-0.39, 0.29) is 59.7 Å². The minimum atomic E-state index is -4.76. The summed E-state index contributed by atoms with van der Waals surface area (Å²) >= 11 is 6.07. The van der Waals surface area contributed by atoms with Crippen LogP contribution in [0, 0.1) is 11.8 Å². The first-order valence-electron chi connectivity index (χ1n) is 15.9. The number of nitrogens with two attached hydrogens (primary N) is 1. The minimum absolute atomic E-state index is 0.00389. The molecule has 0 spiro atoms. The predicted octanol–water partition coefficient (Wildman–Crippen LogP) is 5.28. The van der Waals surface area contributed by atoms with Crippen molar-refractivity contribution in [1.82, 2.24) is 14.7 Å². The SMILES string of the molecule is Nc1c(Cl)cc(C[C@@H](CC(=O)N2CCC(N3CCc4ccccc4NC3=O)CC2)C(=O)N2CCC(CC(=O)O)CC2)cc1C(F)(F)F. The number of nitrogens with zero attached hydrogens (tertiary/aromatic N) is 3. The number of carbonyl (C=O) groups is 4. The second-order valence-electron chi connectivity index (χ2n) is 12.7. The molecule has 0 aromatic heterocycles. The molecular weight excluding hydrogens is 639 g/mol. The first kappa shape index (κ1) is 34.3. The predicted molar refractivity (Wildman–Crippen MR) is 170 cm³/mol. The summed E-state index contributed by atoms with van der Waals surface area (Å²) in [6.07, 6.45) is -2.38. The van der Waals surface area contributed by atoms with Crippen molar-refractivity contribution in [3.8, 4) is 0 Å². The van der Waals surface area contributed by atoms with Gasteiger partial charge in [0.25, 0.3) is 0 Å². The lowest BCUT2D eigenvalue weighted by atomic mass is 9.89. The monoisotopic (exact) mass is 677 g/mol. The van der Waals surface area contributed by atoms with Gasteiger partial charge in [-0.1, -0.05) is 29.8 Å². The number of likely N-dealkylation sites (tertiary alicyclic amines) is 2. The molecule has 1 atom stereocenters. The van der Waals surface area contributed by atoms with Crippen molar-refractivity contribution in [2.24, 2.45) is 11.8 Å². The molecule has 0 radical (unpaired) electrons. The third kappa shape index (κ3) is 8.30. The zero-order valence-corrected chi connectivity index (χ0v) is 26.7. The summed E-state index contributed by atoms with van der Waals surface area (Å²) in [6.45, 7) is 1.88. The van der Waals surface area contributed by atoms with Crippen LogP contribution in [0.3, 0.4) is 0 Å². The number of fused-ring (bicyclic) bond motifs is 1. The molecule has 4 amide bonds. The molecule has 0 aliphatic carbocycles. The van der Waals surface area contributed by atoms with E-state index in [4.69, 9.17) is 22.4 Å². The Morgan fingerprint density at radius 2 is 1.66 bits per heavy atom. The number of rotatable bonds is 8. The van der Waals surface area contributed by atoms with Crippen LogP contribution >= 0.6 is 11.6 Å². The van der Waals surface area contributed by atoms with Crippen molar-refractivity contribution < 1.29 is 37.5 Å². The van der Waals surface area contributed by atoms with Crippen LogP contribution in [0.25, 0.3) is 0 Å². The number of piperidine rings is 2. The van der Waals surface area contributed by atoms with Gasteiger partial charge in [-0.3, -0.25) is 14.4 Å². The highest BCUT2D eigenvalue weighted by Crippen LogP contribution is 2.38. The number of hydrogen-bond acceptors (Lipinski definition) is 5. The van der Waals surface area contributed by atoms with Gasteiger partial charge in [0.15, 0.2) is 0 Å². The molecule has 2 aromatic carbocycles. The second kappa shape index (κ2) is 14.4. The number of benzene rings is 2. The van der Waals surface area contributed by atoms with Crippen LogP contribution in [-0.2, 0) is 33.4 Å². The van der Waals surface area contributed by atoms with E-state index in [1.165, 1.54) is 6.07 Å². The van der Waals surface area contributed by atoms with E-state index in [2.05, 4.69) is 5.32 Å². The maximum Gasteiger partial charge on any atom is 0.418 e. The number of nitrogen functional groups attached to an aromatic ring is 1. The molecule has 254 valence electrons. The first-order chi connectivity index (χ1) is 22.3. The van der Waals surface area contributed by atoms with Crippen LogP contribution in [0.5, 0.6) is 0 Å². The second-order valence-corrected chi connectivity index (χ2v) is 13.1. The third-order valence-electron chi connectivity index (χ3n) is 9.54. The molecule has 2 saturated heterocycles. The van der Waals surface area contributed by atoms with Crippen molar-refractivity contribution >= 4 is 46.8 Å². The topological polar surface area (TPSA) is 136 Å². The van der Waals surface area contributed by atoms with E-state index in [0.717, 1.165) is 17.3 Å². The summed E-state index contributed by atoms with van der Waals surface area (Å²) < 4.78 is 41.1. The molecule has 2 fully saturated rings. The molecule has 3 heterocycles. The van der Waals surface area contributed by atoms with Gasteiger partial charge in [0, 0.05) is 57.3 Å². The van der Waals surface area contributed by atoms with E-state index < -0.39 is 29.3 Å². The molecular formula is C33H39ClF3N5O5. The number of carbonyl (C=O) groups excluding carboxylic acids is 3. The average Bonchev–Trinajstić information content (AvgIpc) is 3.19. The smallest absolute Gasteiger partial charge is 0.418 e. The van der Waals surface area contributed by atoms with Crippen LogP contribution in [0.2, 0.25) is 5.02 Å². The van der Waals surface area contributed by atoms with E-state index in [1.807, 2.05) is 29.2 Å². The van der Waals surface area contributed by atoms with Crippen molar-refractivity contribution in [2.45, 2.75) is 63.6 Å². The Morgan fingerprint density at radius 1 is 1.00 bits per heavy atom. The molecule has 3 aliphatic rings. The molecule has 0 unspecified atom stereocenters. The summed E-state index contributed by atoms with van der Waals surface area (Å²) in [5, 5.41) is 11.8. The van der Waals surface area contributed by atoms with Crippen molar-refractivity contribution in [3.05, 3.63) is 58.1 Å². The van der Waals surface area contributed by atoms with Gasteiger partial charge < -0.3 is 30.9 Å². The highest BCUT2D eigenvalue weighted by Gasteiger charge is 2.37. The van der Waals surface area contributed by atoms with Crippen LogP contribution in [0.4, 0.5) is 29.3 Å². The first-order valence-corrected chi connectivity index (χ1v) is 16.3. The lowest BCUT2D eigenvalue weighted by molar-refractivity contribution is -0.143. The molecule has 2 aromatic rings. The van der Waals surface area contributed by atoms with E-state index in [0.29, 0.717) is 64.8 Å². The summed E-state index contributed by atoms with van der Waals surface area (Å²) in [5.74, 6) is -2.63. The Hall–Kier alpha value is -4.00. The number of carboxylic acid groups (broad SMARTS) is 1. The average molecular weight is 678 g/mol. The highest BCUT2D eigenvalue weighted by molar-refractivity contribution is 6.33. The van der Waals surface area contributed by atoms with Crippen LogP contribution in [0.1, 0.15) is 55.2 Å². The molecule has 3 aliphatic heterocycles. The van der Waals surface area contributed by atoms with Gasteiger partial charge in [0.05, 0.1) is 22.2 Å². The number of para-hydroxylation sites is 1. The molecule has 5 rings (SSSR count). The van der Waals surface area contributed by atoms with Crippen molar-refractivity contribution in [1.29, 1.82) is 0 Å². The van der Waals surface area contributed by atoms with Gasteiger partial charge >= 0.3 is 18.2 Å². The fourth-order valence-electron chi connectivity index (χ4n) is 6.93. The number of halogens is 4. The van der Waals surface area contributed by atoms with E-state index >= 15 is 0 Å². The summed E-state index contributed by atoms with van der Waals surface area (Å²) in [7, 11) is 0. The fourth-order valence-corrected chi connectivity index (χ4v) is 7.17. The number of anilines is 2.